The van der Waals surface area contributed by atoms with Crippen molar-refractivity contribution in [3.05, 3.63) is 63.6 Å². The molecule has 0 aliphatic carbocycles. The molecule has 110 valence electrons. The molecule has 1 N–H and O–H groups in total. The van der Waals surface area contributed by atoms with Crippen LogP contribution in [0.5, 0.6) is 0 Å². The summed E-state index contributed by atoms with van der Waals surface area (Å²) in [6, 6.07) is 12.7. The molecule has 0 radical (unpaired) electrons. The van der Waals surface area contributed by atoms with Crippen molar-refractivity contribution in [2.24, 2.45) is 0 Å². The van der Waals surface area contributed by atoms with Crippen molar-refractivity contribution in [1.29, 1.82) is 0 Å². The van der Waals surface area contributed by atoms with Crippen LogP contribution in [0.2, 0.25) is 10.0 Å². The first-order valence-corrected chi connectivity index (χ1v) is 7.81. The Morgan fingerprint density at radius 2 is 1.86 bits per heavy atom. The van der Waals surface area contributed by atoms with Crippen molar-refractivity contribution in [3.8, 4) is 0 Å². The van der Waals surface area contributed by atoms with Gasteiger partial charge in [-0.15, -0.1) is 11.6 Å². The summed E-state index contributed by atoms with van der Waals surface area (Å²) in [6.45, 7) is 0. The monoisotopic (exact) mass is 341 g/mol. The maximum atomic E-state index is 12.2. The number of hydrogen-bond donors (Lipinski definition) is 1. The predicted octanol–water partition coefficient (Wildman–Crippen LogP) is 5.42. The summed E-state index contributed by atoms with van der Waals surface area (Å²) < 4.78 is 0. The number of anilines is 1. The van der Waals surface area contributed by atoms with Gasteiger partial charge >= 0.3 is 0 Å². The van der Waals surface area contributed by atoms with E-state index >= 15 is 0 Å². The molecule has 0 atom stereocenters. The fraction of sp³-hybridized carbons (Fsp3) is 0.188. The molecular formula is C16H14Cl3NO. The maximum absolute atomic E-state index is 12.2. The predicted molar refractivity (Wildman–Crippen MR) is 89.9 cm³/mol. The van der Waals surface area contributed by atoms with Crippen LogP contribution in [0, 0.1) is 0 Å². The Balaban J connectivity index is 2.14. The van der Waals surface area contributed by atoms with E-state index in [4.69, 9.17) is 34.8 Å². The first-order valence-electron chi connectivity index (χ1n) is 6.52. The molecule has 2 rings (SSSR count). The van der Waals surface area contributed by atoms with Crippen LogP contribution in [0.15, 0.2) is 42.5 Å². The molecule has 0 saturated heterocycles. The molecule has 2 nitrogen and oxygen atoms in total. The molecule has 0 aromatic heterocycles. The Kier molecular flexibility index (Phi) is 5.92. The lowest BCUT2D eigenvalue weighted by molar-refractivity contribution is 0.102. The van der Waals surface area contributed by atoms with Gasteiger partial charge in [-0.2, -0.15) is 0 Å². The normalized spacial score (nSPS) is 10.4. The molecule has 0 saturated carbocycles. The van der Waals surface area contributed by atoms with E-state index in [1.54, 1.807) is 18.2 Å². The lowest BCUT2D eigenvalue weighted by Crippen LogP contribution is -2.12. The van der Waals surface area contributed by atoms with Gasteiger partial charge < -0.3 is 5.32 Å². The van der Waals surface area contributed by atoms with E-state index in [-0.39, 0.29) is 10.9 Å². The summed E-state index contributed by atoms with van der Waals surface area (Å²) in [6.07, 6.45) is 1.78. The number of carbonyl (C=O) groups excluding carboxylic acids is 1. The Labute approximate surface area is 139 Å². The molecule has 5 heteroatoms. The van der Waals surface area contributed by atoms with E-state index in [0.29, 0.717) is 16.5 Å². The molecule has 21 heavy (non-hydrogen) atoms. The van der Waals surface area contributed by atoms with Gasteiger partial charge in [-0.25, -0.2) is 0 Å². The highest BCUT2D eigenvalue weighted by Crippen LogP contribution is 2.26. The molecule has 0 unspecified atom stereocenters. The summed E-state index contributed by atoms with van der Waals surface area (Å²) in [5.41, 5.74) is 2.21. The molecule has 0 aliphatic heterocycles. The Bertz CT molecular complexity index is 643. The molecule has 2 aromatic rings. The second kappa shape index (κ2) is 7.69. The van der Waals surface area contributed by atoms with Crippen LogP contribution in [0.1, 0.15) is 22.3 Å². The van der Waals surface area contributed by atoms with E-state index in [9.17, 15) is 4.79 Å². The number of hydrogen-bond acceptors (Lipinski definition) is 1. The lowest BCUT2D eigenvalue weighted by Gasteiger charge is -2.09. The lowest BCUT2D eigenvalue weighted by atomic mass is 10.1. The van der Waals surface area contributed by atoms with Crippen molar-refractivity contribution >= 4 is 46.4 Å². The standard InChI is InChI=1S/C16H14Cl3NO/c17-9-3-5-11-4-1-6-12(10-11)20-16(21)13-7-2-8-14(18)15(13)19/h1-2,4,6-8,10H,3,5,9H2,(H,20,21). The summed E-state index contributed by atoms with van der Waals surface area (Å²) >= 11 is 17.7. The molecule has 0 aliphatic rings. The van der Waals surface area contributed by atoms with Gasteiger partial charge in [-0.05, 0) is 42.7 Å². The minimum atomic E-state index is -0.281. The second-order valence-corrected chi connectivity index (χ2v) is 5.71. The highest BCUT2D eigenvalue weighted by Gasteiger charge is 2.12. The van der Waals surface area contributed by atoms with Gasteiger partial charge in [-0.3, -0.25) is 4.79 Å². The largest absolute Gasteiger partial charge is 0.322 e. The number of halogens is 3. The van der Waals surface area contributed by atoms with Crippen molar-refractivity contribution in [2.75, 3.05) is 11.2 Å². The van der Waals surface area contributed by atoms with E-state index in [1.807, 2.05) is 24.3 Å². The van der Waals surface area contributed by atoms with E-state index in [2.05, 4.69) is 5.32 Å². The molecule has 0 bridgehead atoms. The summed E-state index contributed by atoms with van der Waals surface area (Å²) in [4.78, 5) is 12.2. The average molecular weight is 343 g/mol. The molecule has 0 fully saturated rings. The van der Waals surface area contributed by atoms with Gasteiger partial charge in [0.25, 0.3) is 5.91 Å². The highest BCUT2D eigenvalue weighted by atomic mass is 35.5. The van der Waals surface area contributed by atoms with E-state index < -0.39 is 0 Å². The topological polar surface area (TPSA) is 29.1 Å². The summed E-state index contributed by atoms with van der Waals surface area (Å²) in [5, 5.41) is 3.45. The smallest absolute Gasteiger partial charge is 0.257 e. The summed E-state index contributed by atoms with van der Waals surface area (Å²) in [5.74, 6) is 0.339. The summed E-state index contributed by atoms with van der Waals surface area (Å²) in [7, 11) is 0. The number of rotatable bonds is 5. The van der Waals surface area contributed by atoms with E-state index in [0.717, 1.165) is 24.1 Å². The van der Waals surface area contributed by atoms with Gasteiger partial charge in [-0.1, -0.05) is 41.4 Å². The zero-order valence-electron chi connectivity index (χ0n) is 11.2. The van der Waals surface area contributed by atoms with Gasteiger partial charge in [0, 0.05) is 11.6 Å². The molecule has 1 amide bonds. The van der Waals surface area contributed by atoms with Crippen LogP contribution in [-0.4, -0.2) is 11.8 Å². The fourth-order valence-corrected chi connectivity index (χ4v) is 2.47. The number of benzene rings is 2. The maximum Gasteiger partial charge on any atom is 0.257 e. The minimum absolute atomic E-state index is 0.259. The SMILES string of the molecule is O=C(Nc1cccc(CCCCl)c1)c1cccc(Cl)c1Cl. The van der Waals surface area contributed by atoms with Crippen molar-refractivity contribution in [1.82, 2.24) is 0 Å². The number of nitrogens with one attached hydrogen (secondary N) is 1. The third-order valence-electron chi connectivity index (χ3n) is 2.98. The van der Waals surface area contributed by atoms with Gasteiger partial charge in [0.1, 0.15) is 0 Å². The first-order chi connectivity index (χ1) is 10.1. The number of alkyl halides is 1. The zero-order valence-corrected chi connectivity index (χ0v) is 13.5. The van der Waals surface area contributed by atoms with Gasteiger partial charge in [0.05, 0.1) is 15.6 Å². The average Bonchev–Trinajstić information content (AvgIpc) is 2.48. The minimum Gasteiger partial charge on any atom is -0.322 e. The first kappa shape index (κ1) is 16.2. The third kappa shape index (κ3) is 4.37. The number of amides is 1. The van der Waals surface area contributed by atoms with Gasteiger partial charge in [0.2, 0.25) is 0 Å². The molecule has 0 spiro atoms. The Morgan fingerprint density at radius 1 is 1.10 bits per heavy atom. The van der Waals surface area contributed by atoms with Crippen molar-refractivity contribution < 1.29 is 4.79 Å². The zero-order chi connectivity index (χ0) is 15.2. The van der Waals surface area contributed by atoms with E-state index in [1.165, 1.54) is 0 Å². The van der Waals surface area contributed by atoms with Crippen LogP contribution in [-0.2, 0) is 6.42 Å². The Hall–Kier alpha value is -1.22. The highest BCUT2D eigenvalue weighted by molar-refractivity contribution is 6.44. The van der Waals surface area contributed by atoms with Crippen LogP contribution >= 0.6 is 34.8 Å². The van der Waals surface area contributed by atoms with Crippen LogP contribution in [0.4, 0.5) is 5.69 Å². The third-order valence-corrected chi connectivity index (χ3v) is 4.07. The fourth-order valence-electron chi connectivity index (χ4n) is 1.95. The molecule has 0 heterocycles. The van der Waals surface area contributed by atoms with Crippen LogP contribution < -0.4 is 5.32 Å². The van der Waals surface area contributed by atoms with Crippen LogP contribution in [0.3, 0.4) is 0 Å². The van der Waals surface area contributed by atoms with Crippen molar-refractivity contribution in [2.45, 2.75) is 12.8 Å². The second-order valence-electron chi connectivity index (χ2n) is 4.55. The molecule has 2 aromatic carbocycles. The van der Waals surface area contributed by atoms with Crippen LogP contribution in [0.25, 0.3) is 0 Å². The Morgan fingerprint density at radius 3 is 2.62 bits per heavy atom. The van der Waals surface area contributed by atoms with Crippen molar-refractivity contribution in [3.63, 3.8) is 0 Å². The number of carbonyl (C=O) groups is 1. The molecular weight excluding hydrogens is 329 g/mol. The quantitative estimate of drug-likeness (QED) is 0.722. The van der Waals surface area contributed by atoms with Gasteiger partial charge in [0.15, 0.2) is 0 Å². The number of aryl methyl sites for hydroxylation is 1.